The van der Waals surface area contributed by atoms with Gasteiger partial charge in [-0.05, 0) is 101 Å². The van der Waals surface area contributed by atoms with E-state index in [1.54, 1.807) is 66.1 Å². The molecule has 0 spiro atoms. The van der Waals surface area contributed by atoms with Crippen LogP contribution in [0.25, 0.3) is 44.6 Å². The van der Waals surface area contributed by atoms with Crippen molar-refractivity contribution in [3.05, 3.63) is 181 Å². The summed E-state index contributed by atoms with van der Waals surface area (Å²) < 4.78 is 12.1. The number of thiophene rings is 2. The number of carbonyl (C=O) groups excluding carboxylic acids is 4. The number of benzene rings is 4. The molecule has 4 aliphatic heterocycles. The van der Waals surface area contributed by atoms with Crippen molar-refractivity contribution in [1.82, 2.24) is 29.7 Å². The average molecular weight is 1290 g/mol. The highest BCUT2D eigenvalue weighted by Crippen LogP contribution is 2.47. The first-order chi connectivity index (χ1) is 40.4. The molecule has 4 N–H and O–H groups in total. The van der Waals surface area contributed by atoms with Gasteiger partial charge in [-0.1, -0.05) is 58.5 Å². The van der Waals surface area contributed by atoms with Crippen LogP contribution in [0.3, 0.4) is 0 Å². The number of carboxylic acid groups (broad SMARTS) is 2. The van der Waals surface area contributed by atoms with Crippen LogP contribution in [0, 0.1) is 11.8 Å². The Morgan fingerprint density at radius 1 is 0.631 bits per heavy atom. The van der Waals surface area contributed by atoms with E-state index in [0.717, 1.165) is 9.75 Å². The zero-order valence-electron chi connectivity index (χ0n) is 43.2. The van der Waals surface area contributed by atoms with Gasteiger partial charge in [-0.3, -0.25) is 33.7 Å². The average Bonchev–Trinajstić information content (AvgIpc) is 1.03. The highest BCUT2D eigenvalue weighted by molar-refractivity contribution is 8.02. The number of carbonyl (C=O) groups is 6. The Bertz CT molecular complexity index is 4140. The van der Waals surface area contributed by atoms with Gasteiger partial charge in [-0.25, -0.2) is 19.6 Å². The summed E-state index contributed by atoms with van der Waals surface area (Å²) >= 11 is 30.2. The Kier molecular flexibility index (Phi) is 17.2. The lowest BCUT2D eigenvalue weighted by Crippen LogP contribution is -2.66. The maximum absolute atomic E-state index is 13.1. The summed E-state index contributed by atoms with van der Waals surface area (Å²) in [7, 11) is 0. The van der Waals surface area contributed by atoms with Crippen LogP contribution in [0.5, 0.6) is 11.5 Å². The molecule has 0 radical (unpaired) electrons. The molecule has 8 heterocycles. The Hall–Kier alpha value is -7.28. The summed E-state index contributed by atoms with van der Waals surface area (Å²) in [5.41, 5.74) is 1.51. The summed E-state index contributed by atoms with van der Waals surface area (Å²) in [5.74, 6) is -3.08. The summed E-state index contributed by atoms with van der Waals surface area (Å²) in [5, 5.41) is 26.9. The quantitative estimate of drug-likeness (QED) is 0.0582. The topological polar surface area (TPSA) is 259 Å². The minimum absolute atomic E-state index is 0.0512. The molecule has 0 aliphatic carbocycles. The van der Waals surface area contributed by atoms with E-state index >= 15 is 0 Å². The van der Waals surface area contributed by atoms with Crippen molar-refractivity contribution in [3.63, 3.8) is 0 Å². The van der Waals surface area contributed by atoms with Crippen molar-refractivity contribution in [1.29, 1.82) is 0 Å². The number of nitrogens with zero attached hydrogens (tertiary/aromatic N) is 4. The number of halogens is 4. The van der Waals surface area contributed by atoms with Crippen LogP contribution in [0.2, 0.25) is 20.1 Å². The van der Waals surface area contributed by atoms with E-state index in [1.807, 2.05) is 35.0 Å². The van der Waals surface area contributed by atoms with Gasteiger partial charge in [0.1, 0.15) is 53.6 Å². The van der Waals surface area contributed by atoms with Gasteiger partial charge < -0.3 is 34.6 Å². The van der Waals surface area contributed by atoms with Gasteiger partial charge >= 0.3 is 11.9 Å². The van der Waals surface area contributed by atoms with E-state index in [1.165, 1.54) is 68.1 Å². The molecule has 12 rings (SSSR count). The number of fused-ring (bicyclic) bond motifs is 4. The number of ether oxygens (including phenoxy) is 2. The second-order valence-corrected chi connectivity index (χ2v) is 25.5. The third-order valence-electron chi connectivity index (χ3n) is 14.1. The number of thioether (sulfide) groups is 2. The van der Waals surface area contributed by atoms with Crippen molar-refractivity contribution in [2.45, 2.75) is 42.5 Å². The number of carboxylic acids is 2. The summed E-state index contributed by atoms with van der Waals surface area (Å²) in [4.78, 5) is 120. The second kappa shape index (κ2) is 24.7. The Balaban J connectivity index is 0.000000175. The van der Waals surface area contributed by atoms with Crippen molar-refractivity contribution in [3.8, 4) is 34.3 Å². The van der Waals surface area contributed by atoms with E-state index in [4.69, 9.17) is 55.9 Å². The number of aromatic nitrogens is 4. The van der Waals surface area contributed by atoms with Gasteiger partial charge in [0.05, 0.1) is 55.5 Å². The molecule has 2 fully saturated rings. The van der Waals surface area contributed by atoms with Gasteiger partial charge in [0.25, 0.3) is 11.1 Å². The molecular weight excluding hydrogens is 1240 g/mol. The minimum Gasteiger partial charge on any atom is -0.488 e. The predicted molar refractivity (Wildman–Crippen MR) is 324 cm³/mol. The molecule has 4 aromatic heterocycles. The summed E-state index contributed by atoms with van der Waals surface area (Å²) in [6.45, 7) is -0.278. The number of hydrogen-bond acceptors (Lipinski definition) is 16. The van der Waals surface area contributed by atoms with Gasteiger partial charge in [0.2, 0.25) is 11.8 Å². The molecular formula is C58H42Cl4N6O12S4. The van der Waals surface area contributed by atoms with Crippen LogP contribution in [0.15, 0.2) is 140 Å². The summed E-state index contributed by atoms with van der Waals surface area (Å²) in [6.07, 6.45) is 0.647. The smallest absolute Gasteiger partial charge is 0.352 e. The number of H-pyrrole nitrogens is 2. The van der Waals surface area contributed by atoms with Gasteiger partial charge in [0.15, 0.2) is 6.04 Å². The highest BCUT2D eigenvalue weighted by Gasteiger charge is 2.56. The largest absolute Gasteiger partial charge is 0.488 e. The number of aliphatic carboxylic acids is 2. The predicted octanol–water partition coefficient (Wildman–Crippen LogP) is 10.8. The molecule has 0 saturated carbocycles. The summed E-state index contributed by atoms with van der Waals surface area (Å²) in [6, 6.07) is 25.4. The zero-order chi connectivity index (χ0) is 59.1. The molecule has 84 heavy (non-hydrogen) atoms. The SMILES string of the molecule is O=C(Cc1cccs1)CC1C(=O)N2C(C(=O)O)=C(COc3ccc(Cl)cc3-c3nc4ccc(Cl)cc4c(=O)[nH]3)CSC12.O=C(Cc1cccs1)CC1C(=O)N2C(C(=O)O)C(COc3ccc(Cl)cc3-c3nc4ccc(Cl)cc4c(=O)[nH]3)=CSC12. The molecule has 26 heteroatoms. The van der Waals surface area contributed by atoms with Crippen molar-refractivity contribution < 1.29 is 48.5 Å². The van der Waals surface area contributed by atoms with Crippen LogP contribution in [-0.2, 0) is 41.6 Å². The lowest BCUT2D eigenvalue weighted by Gasteiger charge is -2.51. The fourth-order valence-electron chi connectivity index (χ4n) is 10.2. The molecule has 18 nitrogen and oxygen atoms in total. The van der Waals surface area contributed by atoms with E-state index < -0.39 is 51.7 Å². The molecule has 5 unspecified atom stereocenters. The van der Waals surface area contributed by atoms with E-state index in [9.17, 15) is 48.6 Å². The molecule has 0 bridgehead atoms. The number of aromatic amines is 2. The monoisotopic (exact) mass is 1280 g/mol. The third kappa shape index (κ3) is 12.2. The number of nitrogens with one attached hydrogen (secondary N) is 2. The first-order valence-corrected chi connectivity index (χ1v) is 30.8. The highest BCUT2D eigenvalue weighted by atomic mass is 35.5. The maximum Gasteiger partial charge on any atom is 0.352 e. The number of β-lactam (4-membered cyclic amide) rings is 2. The molecule has 4 aromatic carbocycles. The van der Waals surface area contributed by atoms with Crippen molar-refractivity contribution >= 4 is 150 Å². The van der Waals surface area contributed by atoms with E-state index in [2.05, 4.69) is 19.9 Å². The van der Waals surface area contributed by atoms with Gasteiger partial charge in [-0.15, -0.1) is 46.2 Å². The molecule has 8 aromatic rings. The normalized spacial score (nSPS) is 18.9. The van der Waals surface area contributed by atoms with Gasteiger partial charge in [-0.2, -0.15) is 0 Å². The number of Topliss-reactive ketones (excluding diaryl/α,β-unsaturated/α-hetero) is 2. The molecule has 2 amide bonds. The molecule has 428 valence electrons. The molecule has 2 saturated heterocycles. The maximum atomic E-state index is 13.1. The third-order valence-corrected chi connectivity index (χ3v) is 19.5. The Labute approximate surface area is 512 Å². The first-order valence-electron chi connectivity index (χ1n) is 25.5. The fourth-order valence-corrected chi connectivity index (χ4v) is 15.0. The fraction of sp³-hybridized carbons (Fsp3) is 0.207. The lowest BCUT2D eigenvalue weighted by atomic mass is 9.88. The van der Waals surface area contributed by atoms with Crippen LogP contribution in [0.4, 0.5) is 0 Å². The second-order valence-electron chi connectivity index (χ2n) is 19.6. The number of rotatable bonds is 18. The van der Waals surface area contributed by atoms with Crippen LogP contribution < -0.4 is 20.6 Å². The Morgan fingerprint density at radius 3 is 1.63 bits per heavy atom. The minimum atomic E-state index is -1.24. The first kappa shape index (κ1) is 58.5. The number of amides is 2. The number of ketones is 2. The lowest BCUT2D eigenvalue weighted by molar-refractivity contribution is -0.163. The van der Waals surface area contributed by atoms with Crippen LogP contribution >= 0.6 is 92.6 Å². The molecule has 5 atom stereocenters. The van der Waals surface area contributed by atoms with Crippen LogP contribution in [-0.4, -0.2) is 111 Å². The van der Waals surface area contributed by atoms with Crippen molar-refractivity contribution in [2.24, 2.45) is 11.8 Å². The number of hydrogen-bond donors (Lipinski definition) is 4. The zero-order valence-corrected chi connectivity index (χ0v) is 49.5. The molecule has 4 aliphatic rings. The standard InChI is InChI=1S/2C29H21Cl2N3O6S2/c2*30-15-3-5-22-19(8-15)26(36)33-25(32-22)20-9-16(31)4-6-23(20)40-12-14-13-42-28-21(27(37)34(28)24(14)29(38)39)11-17(35)10-18-2-1-7-41-18/h1-9,21,28H,10-13H2,(H,38,39)(H,32,33,36);1-9,13,21,24,28H,10-12H2,(H,38,39)(H,32,33,36). The Morgan fingerprint density at radius 2 is 1.13 bits per heavy atom. The van der Waals surface area contributed by atoms with E-state index in [0.29, 0.717) is 81.4 Å². The van der Waals surface area contributed by atoms with Gasteiger partial charge in [0, 0.05) is 72.4 Å². The van der Waals surface area contributed by atoms with Crippen molar-refractivity contribution in [2.75, 3.05) is 19.0 Å². The van der Waals surface area contributed by atoms with E-state index in [-0.39, 0.29) is 79.6 Å². The van der Waals surface area contributed by atoms with Crippen LogP contribution in [0.1, 0.15) is 22.6 Å².